The van der Waals surface area contributed by atoms with Gasteiger partial charge >= 0.3 is 0 Å². The molecule has 0 aliphatic rings. The molecule has 26 heavy (non-hydrogen) atoms. The van der Waals surface area contributed by atoms with Crippen LogP contribution in [0.3, 0.4) is 0 Å². The van der Waals surface area contributed by atoms with E-state index in [1.165, 1.54) is 11.1 Å². The Morgan fingerprint density at radius 2 is 1.38 bits per heavy atom. The van der Waals surface area contributed by atoms with Crippen LogP contribution in [0, 0.1) is 0 Å². The Hall–Kier alpha value is -3.33. The van der Waals surface area contributed by atoms with Gasteiger partial charge in [0.15, 0.2) is 0 Å². The number of anilines is 1. The topological polar surface area (TPSA) is 44.9 Å². The second-order valence-electron chi connectivity index (χ2n) is 6.43. The Morgan fingerprint density at radius 1 is 0.731 bits per heavy atom. The number of rotatable bonds is 5. The molecule has 0 amide bonds. The van der Waals surface area contributed by atoms with Gasteiger partial charge < -0.3 is 10.3 Å². The zero-order chi connectivity index (χ0) is 17.8. The van der Waals surface area contributed by atoms with Gasteiger partial charge in [0.05, 0.1) is 0 Å². The summed E-state index contributed by atoms with van der Waals surface area (Å²) < 4.78 is 0. The lowest BCUT2D eigenvalue weighted by atomic mass is 10.0. The number of aromatic amines is 1. The molecule has 0 aliphatic carbocycles. The van der Waals surface area contributed by atoms with Gasteiger partial charge in [0.2, 0.25) is 0 Å². The van der Waals surface area contributed by atoms with E-state index in [2.05, 4.69) is 58.8 Å². The molecule has 0 saturated carbocycles. The van der Waals surface area contributed by atoms with Crippen LogP contribution in [-0.2, 0) is 13.0 Å². The Balaban J connectivity index is 1.45. The molecule has 0 atom stereocenters. The summed E-state index contributed by atoms with van der Waals surface area (Å²) in [5.74, 6) is 0. The van der Waals surface area contributed by atoms with Crippen LogP contribution in [0.2, 0.25) is 0 Å². The van der Waals surface area contributed by atoms with Crippen LogP contribution >= 0.6 is 0 Å². The third-order valence-corrected chi connectivity index (χ3v) is 4.51. The molecule has 4 rings (SSSR count). The van der Waals surface area contributed by atoms with E-state index in [1.807, 2.05) is 36.4 Å². The van der Waals surface area contributed by atoms with Crippen molar-refractivity contribution in [2.24, 2.45) is 0 Å². The average Bonchev–Trinajstić information content (AvgIpc) is 2.68. The maximum absolute atomic E-state index is 12.2. The molecule has 0 aliphatic heterocycles. The molecule has 1 aromatic heterocycles. The predicted molar refractivity (Wildman–Crippen MR) is 108 cm³/mol. The molecule has 4 aromatic rings. The Labute approximate surface area is 152 Å². The maximum Gasteiger partial charge on any atom is 0.271 e. The van der Waals surface area contributed by atoms with Crippen molar-refractivity contribution in [3.8, 4) is 0 Å². The molecule has 3 aromatic carbocycles. The molecule has 2 N–H and O–H groups in total. The van der Waals surface area contributed by atoms with Crippen molar-refractivity contribution in [1.82, 2.24) is 4.98 Å². The van der Waals surface area contributed by atoms with E-state index in [9.17, 15) is 4.79 Å². The lowest BCUT2D eigenvalue weighted by Gasteiger charge is -2.08. The third kappa shape index (κ3) is 3.67. The molecular weight excluding hydrogens is 320 g/mol. The van der Waals surface area contributed by atoms with Gasteiger partial charge in [-0.05, 0) is 35.2 Å². The fraction of sp³-hybridized carbons (Fsp3) is 0.0870. The van der Waals surface area contributed by atoms with E-state index >= 15 is 0 Å². The summed E-state index contributed by atoms with van der Waals surface area (Å²) in [5.41, 5.74) is 5.09. The molecule has 0 unspecified atom stereocenters. The minimum Gasteiger partial charge on any atom is -0.376 e. The fourth-order valence-electron chi connectivity index (χ4n) is 3.08. The SMILES string of the molecule is O=c1[nH]c2ccccc2cc1NCc1ccc(Cc2ccccc2)cc1. The number of nitrogens with one attached hydrogen (secondary N) is 2. The van der Waals surface area contributed by atoms with Crippen LogP contribution in [0.15, 0.2) is 89.7 Å². The van der Waals surface area contributed by atoms with Gasteiger partial charge in [0.1, 0.15) is 5.69 Å². The van der Waals surface area contributed by atoms with Crippen molar-refractivity contribution >= 4 is 16.6 Å². The average molecular weight is 340 g/mol. The van der Waals surface area contributed by atoms with E-state index in [1.54, 1.807) is 0 Å². The van der Waals surface area contributed by atoms with Crippen molar-refractivity contribution < 1.29 is 0 Å². The Morgan fingerprint density at radius 3 is 2.19 bits per heavy atom. The summed E-state index contributed by atoms with van der Waals surface area (Å²) in [4.78, 5) is 15.1. The number of H-pyrrole nitrogens is 1. The van der Waals surface area contributed by atoms with Crippen molar-refractivity contribution in [2.45, 2.75) is 13.0 Å². The first-order chi connectivity index (χ1) is 12.8. The highest BCUT2D eigenvalue weighted by molar-refractivity contribution is 5.81. The van der Waals surface area contributed by atoms with Crippen molar-refractivity contribution in [1.29, 1.82) is 0 Å². The number of hydrogen-bond acceptors (Lipinski definition) is 2. The highest BCUT2D eigenvalue weighted by Crippen LogP contribution is 2.15. The molecule has 1 heterocycles. The smallest absolute Gasteiger partial charge is 0.271 e. The van der Waals surface area contributed by atoms with Gasteiger partial charge in [-0.25, -0.2) is 0 Å². The van der Waals surface area contributed by atoms with E-state index < -0.39 is 0 Å². The second-order valence-corrected chi connectivity index (χ2v) is 6.43. The largest absolute Gasteiger partial charge is 0.376 e. The summed E-state index contributed by atoms with van der Waals surface area (Å²) in [7, 11) is 0. The van der Waals surface area contributed by atoms with Crippen LogP contribution in [0.25, 0.3) is 10.9 Å². The van der Waals surface area contributed by atoms with Crippen LogP contribution in [-0.4, -0.2) is 4.98 Å². The highest BCUT2D eigenvalue weighted by Gasteiger charge is 2.03. The summed E-state index contributed by atoms with van der Waals surface area (Å²) in [6.07, 6.45) is 0.929. The number of aromatic nitrogens is 1. The number of hydrogen-bond donors (Lipinski definition) is 2. The number of para-hydroxylation sites is 1. The maximum atomic E-state index is 12.2. The first-order valence-electron chi connectivity index (χ1n) is 8.76. The minimum atomic E-state index is -0.0932. The van der Waals surface area contributed by atoms with Gasteiger partial charge in [-0.1, -0.05) is 72.8 Å². The monoisotopic (exact) mass is 340 g/mol. The van der Waals surface area contributed by atoms with Gasteiger partial charge in [-0.15, -0.1) is 0 Å². The fourth-order valence-corrected chi connectivity index (χ4v) is 3.08. The van der Waals surface area contributed by atoms with Crippen LogP contribution in [0.4, 0.5) is 5.69 Å². The van der Waals surface area contributed by atoms with Crippen molar-refractivity contribution in [3.05, 3.63) is 112 Å². The van der Waals surface area contributed by atoms with E-state index in [0.717, 1.165) is 22.9 Å². The number of benzene rings is 3. The molecule has 0 fully saturated rings. The van der Waals surface area contributed by atoms with Gasteiger partial charge in [0, 0.05) is 17.4 Å². The highest BCUT2D eigenvalue weighted by atomic mass is 16.1. The molecule has 3 nitrogen and oxygen atoms in total. The molecular formula is C23H20N2O. The molecule has 3 heteroatoms. The lowest BCUT2D eigenvalue weighted by Crippen LogP contribution is -2.13. The molecule has 0 saturated heterocycles. The molecule has 0 spiro atoms. The Bertz CT molecular complexity index is 1070. The molecule has 0 bridgehead atoms. The quantitative estimate of drug-likeness (QED) is 0.551. The molecule has 128 valence electrons. The second kappa shape index (κ2) is 7.28. The summed E-state index contributed by atoms with van der Waals surface area (Å²) in [6, 6.07) is 28.7. The third-order valence-electron chi connectivity index (χ3n) is 4.51. The standard InChI is InChI=1S/C23H20N2O/c26-23-22(15-20-8-4-5-9-21(20)25-23)24-16-19-12-10-18(11-13-19)14-17-6-2-1-3-7-17/h1-13,15,24H,14,16H2,(H,25,26). The van der Waals surface area contributed by atoms with Crippen LogP contribution < -0.4 is 10.9 Å². The summed E-state index contributed by atoms with van der Waals surface area (Å²) >= 11 is 0. The van der Waals surface area contributed by atoms with E-state index in [-0.39, 0.29) is 5.56 Å². The molecule has 0 radical (unpaired) electrons. The summed E-state index contributed by atoms with van der Waals surface area (Å²) in [6.45, 7) is 0.618. The van der Waals surface area contributed by atoms with Gasteiger partial charge in [-0.3, -0.25) is 4.79 Å². The zero-order valence-electron chi connectivity index (χ0n) is 14.4. The first-order valence-corrected chi connectivity index (χ1v) is 8.76. The number of pyridine rings is 1. The van der Waals surface area contributed by atoms with Crippen LogP contribution in [0.1, 0.15) is 16.7 Å². The predicted octanol–water partition coefficient (Wildman–Crippen LogP) is 4.73. The van der Waals surface area contributed by atoms with Crippen molar-refractivity contribution in [3.63, 3.8) is 0 Å². The Kier molecular flexibility index (Phi) is 4.52. The van der Waals surface area contributed by atoms with E-state index in [0.29, 0.717) is 12.2 Å². The summed E-state index contributed by atoms with van der Waals surface area (Å²) in [5, 5.41) is 4.27. The van der Waals surface area contributed by atoms with E-state index in [4.69, 9.17) is 0 Å². The van der Waals surface area contributed by atoms with Gasteiger partial charge in [0.25, 0.3) is 5.56 Å². The first kappa shape index (κ1) is 16.2. The van der Waals surface area contributed by atoms with Crippen LogP contribution in [0.5, 0.6) is 0 Å². The number of fused-ring (bicyclic) bond motifs is 1. The zero-order valence-corrected chi connectivity index (χ0v) is 14.4. The minimum absolute atomic E-state index is 0.0932. The lowest BCUT2D eigenvalue weighted by molar-refractivity contribution is 1.11. The normalized spacial score (nSPS) is 10.8. The van der Waals surface area contributed by atoms with Crippen molar-refractivity contribution in [2.75, 3.05) is 5.32 Å². The van der Waals surface area contributed by atoms with Gasteiger partial charge in [-0.2, -0.15) is 0 Å².